The number of pyridine rings is 1. The van der Waals surface area contributed by atoms with E-state index in [0.717, 1.165) is 35.3 Å². The maximum Gasteiger partial charge on any atom is 0.220 e. The van der Waals surface area contributed by atoms with Gasteiger partial charge in [-0.15, -0.1) is 11.3 Å². The zero-order chi connectivity index (χ0) is 17.1. The number of imidazole rings is 1. The van der Waals surface area contributed by atoms with Gasteiger partial charge in [0.1, 0.15) is 5.65 Å². The molecule has 4 heterocycles. The molecule has 25 heavy (non-hydrogen) atoms. The van der Waals surface area contributed by atoms with Crippen molar-refractivity contribution in [3.05, 3.63) is 47.4 Å². The van der Waals surface area contributed by atoms with E-state index in [2.05, 4.69) is 20.2 Å². The standard InChI is InChI=1S/C18H21N5OS/c24-17(7-6-14-12-23-10-2-1-5-16(23)20-14)19-11-15-13-25-18(21-15)22-8-3-4-9-22/h1-2,5,10,12-13H,3-4,6-9,11H2,(H,19,24). The minimum atomic E-state index is 0.0350. The van der Waals surface area contributed by atoms with E-state index >= 15 is 0 Å². The van der Waals surface area contributed by atoms with E-state index in [-0.39, 0.29) is 5.91 Å². The van der Waals surface area contributed by atoms with Crippen molar-refractivity contribution in [1.29, 1.82) is 0 Å². The maximum absolute atomic E-state index is 12.1. The van der Waals surface area contributed by atoms with E-state index in [9.17, 15) is 4.79 Å². The number of aromatic nitrogens is 3. The van der Waals surface area contributed by atoms with Crippen LogP contribution in [0.2, 0.25) is 0 Å². The fourth-order valence-corrected chi connectivity index (χ4v) is 3.94. The molecule has 0 atom stereocenters. The Balaban J connectivity index is 1.26. The van der Waals surface area contributed by atoms with Gasteiger partial charge in [0.15, 0.2) is 5.13 Å². The average Bonchev–Trinajstić information content (AvgIpc) is 3.37. The Morgan fingerprint density at radius 1 is 1.20 bits per heavy atom. The smallest absolute Gasteiger partial charge is 0.220 e. The molecule has 3 aromatic rings. The molecule has 6 nitrogen and oxygen atoms in total. The molecular weight excluding hydrogens is 334 g/mol. The lowest BCUT2D eigenvalue weighted by Crippen LogP contribution is -2.23. The van der Waals surface area contributed by atoms with Gasteiger partial charge in [0.25, 0.3) is 0 Å². The number of anilines is 1. The Bertz CT molecular complexity index is 832. The van der Waals surface area contributed by atoms with Crippen LogP contribution in [0, 0.1) is 0 Å². The highest BCUT2D eigenvalue weighted by molar-refractivity contribution is 7.13. The van der Waals surface area contributed by atoms with Crippen LogP contribution in [0.4, 0.5) is 5.13 Å². The monoisotopic (exact) mass is 355 g/mol. The Morgan fingerprint density at radius 2 is 2.08 bits per heavy atom. The number of hydrogen-bond acceptors (Lipinski definition) is 5. The Hall–Kier alpha value is -2.41. The molecule has 1 N–H and O–H groups in total. The van der Waals surface area contributed by atoms with Crippen molar-refractivity contribution < 1.29 is 4.79 Å². The molecule has 1 aliphatic rings. The van der Waals surface area contributed by atoms with Crippen LogP contribution < -0.4 is 10.2 Å². The number of nitrogens with zero attached hydrogens (tertiary/aromatic N) is 4. The molecule has 1 aliphatic heterocycles. The lowest BCUT2D eigenvalue weighted by Gasteiger charge is -2.12. The molecule has 0 radical (unpaired) electrons. The Kier molecular flexibility index (Phi) is 4.65. The lowest BCUT2D eigenvalue weighted by atomic mass is 10.2. The van der Waals surface area contributed by atoms with E-state index < -0.39 is 0 Å². The average molecular weight is 355 g/mol. The van der Waals surface area contributed by atoms with Crippen LogP contribution in [0.3, 0.4) is 0 Å². The molecule has 0 bridgehead atoms. The van der Waals surface area contributed by atoms with Crippen LogP contribution in [0.15, 0.2) is 36.0 Å². The first kappa shape index (κ1) is 16.1. The number of nitrogens with one attached hydrogen (secondary N) is 1. The first-order valence-corrected chi connectivity index (χ1v) is 9.54. The number of thiazole rings is 1. The quantitative estimate of drug-likeness (QED) is 0.738. The van der Waals surface area contributed by atoms with Crippen LogP contribution in [-0.4, -0.2) is 33.4 Å². The summed E-state index contributed by atoms with van der Waals surface area (Å²) in [6, 6.07) is 5.89. The highest BCUT2D eigenvalue weighted by Gasteiger charge is 2.15. The minimum Gasteiger partial charge on any atom is -0.350 e. The van der Waals surface area contributed by atoms with E-state index in [4.69, 9.17) is 0 Å². The summed E-state index contributed by atoms with van der Waals surface area (Å²) < 4.78 is 1.97. The predicted octanol–water partition coefficient (Wildman–Crippen LogP) is 2.64. The number of aryl methyl sites for hydroxylation is 1. The van der Waals surface area contributed by atoms with Gasteiger partial charge in [-0.1, -0.05) is 6.07 Å². The molecule has 0 spiro atoms. The molecule has 0 unspecified atom stereocenters. The van der Waals surface area contributed by atoms with Crippen molar-refractivity contribution >= 4 is 28.0 Å². The molecule has 1 fully saturated rings. The molecule has 0 aliphatic carbocycles. The summed E-state index contributed by atoms with van der Waals surface area (Å²) in [7, 11) is 0. The van der Waals surface area contributed by atoms with Gasteiger partial charge >= 0.3 is 0 Å². The summed E-state index contributed by atoms with van der Waals surface area (Å²) in [4.78, 5) is 23.5. The fraction of sp³-hybridized carbons (Fsp3) is 0.389. The third-order valence-corrected chi connectivity index (χ3v) is 5.36. The minimum absolute atomic E-state index is 0.0350. The zero-order valence-corrected chi connectivity index (χ0v) is 14.8. The first-order valence-electron chi connectivity index (χ1n) is 8.66. The fourth-order valence-electron chi connectivity index (χ4n) is 3.06. The second-order valence-corrected chi connectivity index (χ2v) is 7.13. The summed E-state index contributed by atoms with van der Waals surface area (Å²) in [6.45, 7) is 2.69. The molecule has 7 heteroatoms. The van der Waals surface area contributed by atoms with Crippen LogP contribution in [0.25, 0.3) is 5.65 Å². The summed E-state index contributed by atoms with van der Waals surface area (Å²) in [5.41, 5.74) is 2.79. The lowest BCUT2D eigenvalue weighted by molar-refractivity contribution is -0.121. The number of rotatable bonds is 6. The van der Waals surface area contributed by atoms with E-state index in [0.29, 0.717) is 19.4 Å². The number of carbonyl (C=O) groups is 1. The number of hydrogen-bond donors (Lipinski definition) is 1. The molecule has 0 saturated carbocycles. The Morgan fingerprint density at radius 3 is 2.92 bits per heavy atom. The third-order valence-electron chi connectivity index (χ3n) is 4.40. The number of fused-ring (bicyclic) bond motifs is 1. The van der Waals surface area contributed by atoms with Crippen molar-refractivity contribution in [1.82, 2.24) is 19.7 Å². The van der Waals surface area contributed by atoms with Crippen LogP contribution in [-0.2, 0) is 17.8 Å². The van der Waals surface area contributed by atoms with Gasteiger partial charge in [-0.3, -0.25) is 4.79 Å². The van der Waals surface area contributed by atoms with Crippen molar-refractivity contribution in [2.75, 3.05) is 18.0 Å². The molecule has 3 aromatic heterocycles. The first-order chi connectivity index (χ1) is 12.3. The predicted molar refractivity (Wildman–Crippen MR) is 98.9 cm³/mol. The number of amides is 1. The molecule has 130 valence electrons. The van der Waals surface area contributed by atoms with Gasteiger partial charge in [-0.25, -0.2) is 9.97 Å². The normalized spacial score (nSPS) is 14.3. The molecule has 0 aromatic carbocycles. The van der Waals surface area contributed by atoms with Crippen molar-refractivity contribution in [2.24, 2.45) is 0 Å². The van der Waals surface area contributed by atoms with Gasteiger partial charge in [0.05, 0.1) is 17.9 Å². The number of carbonyl (C=O) groups excluding carboxylic acids is 1. The SMILES string of the molecule is O=C(CCc1cn2ccccc2n1)NCc1csc(N2CCCC2)n1. The molecule has 1 amide bonds. The highest BCUT2D eigenvalue weighted by atomic mass is 32.1. The Labute approximate surface area is 150 Å². The van der Waals surface area contributed by atoms with Crippen LogP contribution >= 0.6 is 11.3 Å². The van der Waals surface area contributed by atoms with Crippen LogP contribution in [0.5, 0.6) is 0 Å². The topological polar surface area (TPSA) is 62.5 Å². The highest BCUT2D eigenvalue weighted by Crippen LogP contribution is 2.24. The van der Waals surface area contributed by atoms with E-state index in [1.54, 1.807) is 11.3 Å². The van der Waals surface area contributed by atoms with Crippen molar-refractivity contribution in [3.8, 4) is 0 Å². The maximum atomic E-state index is 12.1. The summed E-state index contributed by atoms with van der Waals surface area (Å²) in [6.07, 6.45) is 7.51. The van der Waals surface area contributed by atoms with Crippen molar-refractivity contribution in [2.45, 2.75) is 32.2 Å². The van der Waals surface area contributed by atoms with Gasteiger partial charge in [0.2, 0.25) is 5.91 Å². The van der Waals surface area contributed by atoms with Gasteiger partial charge in [0, 0.05) is 37.3 Å². The van der Waals surface area contributed by atoms with E-state index in [1.165, 1.54) is 12.8 Å². The molecule has 1 saturated heterocycles. The van der Waals surface area contributed by atoms with Gasteiger partial charge < -0.3 is 14.6 Å². The second kappa shape index (κ2) is 7.23. The second-order valence-electron chi connectivity index (χ2n) is 6.29. The zero-order valence-electron chi connectivity index (χ0n) is 14.0. The van der Waals surface area contributed by atoms with Crippen LogP contribution in [0.1, 0.15) is 30.7 Å². The summed E-state index contributed by atoms with van der Waals surface area (Å²) in [5, 5.41) is 6.07. The van der Waals surface area contributed by atoms with Crippen molar-refractivity contribution in [3.63, 3.8) is 0 Å². The van der Waals surface area contributed by atoms with Gasteiger partial charge in [-0.05, 0) is 31.4 Å². The van der Waals surface area contributed by atoms with Gasteiger partial charge in [-0.2, -0.15) is 0 Å². The molecule has 4 rings (SSSR count). The summed E-state index contributed by atoms with van der Waals surface area (Å²) >= 11 is 1.66. The summed E-state index contributed by atoms with van der Waals surface area (Å²) in [5.74, 6) is 0.0350. The molecular formula is C18H21N5OS. The van der Waals surface area contributed by atoms with E-state index in [1.807, 2.05) is 40.4 Å². The third kappa shape index (κ3) is 3.82. The largest absolute Gasteiger partial charge is 0.350 e.